The Labute approximate surface area is 234 Å². The van der Waals surface area contributed by atoms with Crippen molar-refractivity contribution in [2.75, 3.05) is 68.6 Å². The quantitative estimate of drug-likeness (QED) is 0.420. The lowest BCUT2D eigenvalue weighted by atomic mass is 10.3. The predicted octanol–water partition coefficient (Wildman–Crippen LogP) is 6.16. The summed E-state index contributed by atoms with van der Waals surface area (Å²) < 4.78 is 28.0. The second kappa shape index (κ2) is 42.3. The van der Waals surface area contributed by atoms with Gasteiger partial charge in [0, 0.05) is 35.5 Å². The van der Waals surface area contributed by atoms with Crippen LogP contribution in [0.1, 0.15) is 41.0 Å². The van der Waals surface area contributed by atoms with E-state index in [1.165, 1.54) is 0 Å². The Hall–Kier alpha value is -1.84. The molecule has 0 bridgehead atoms. The highest BCUT2D eigenvalue weighted by molar-refractivity contribution is 4.99. The average Bonchev–Trinajstić information content (AvgIpc) is 3.93. The fourth-order valence-electron chi connectivity index (χ4n) is 1.78. The van der Waals surface area contributed by atoms with E-state index in [1.54, 1.807) is 35.5 Å². The number of epoxide rings is 2. The van der Waals surface area contributed by atoms with Crippen molar-refractivity contribution in [1.82, 2.24) is 0 Å². The molecule has 0 spiro atoms. The number of ether oxygens (including phenoxy) is 6. The minimum Gasteiger partial charge on any atom is -0.391 e. The molecule has 7 heteroatoms. The van der Waals surface area contributed by atoms with Gasteiger partial charge in [-0.1, -0.05) is 107 Å². The SMILES string of the molecule is CC.CC.CCC(O)COC.COC.COCC1CO1.COCC1CO1.c1ccccc1.c1ccccc1. The van der Waals surface area contributed by atoms with Gasteiger partial charge in [-0.25, -0.2) is 0 Å². The monoisotopic (exact) mass is 542 g/mol. The molecular formula is C31H58O7. The van der Waals surface area contributed by atoms with E-state index in [0.29, 0.717) is 18.8 Å². The smallest absolute Gasteiger partial charge is 0.104 e. The first kappa shape index (κ1) is 43.2. The highest BCUT2D eigenvalue weighted by atomic mass is 16.6. The zero-order valence-corrected chi connectivity index (χ0v) is 25.8. The lowest BCUT2D eigenvalue weighted by molar-refractivity contribution is 0.0625. The van der Waals surface area contributed by atoms with Gasteiger partial charge in [0.2, 0.25) is 0 Å². The molecule has 2 aliphatic rings. The van der Waals surface area contributed by atoms with Crippen LogP contribution in [0.15, 0.2) is 72.8 Å². The third-order valence-electron chi connectivity index (χ3n) is 3.67. The fourth-order valence-corrected chi connectivity index (χ4v) is 1.78. The Morgan fingerprint density at radius 1 is 0.605 bits per heavy atom. The van der Waals surface area contributed by atoms with Crippen LogP contribution in [0.2, 0.25) is 0 Å². The Morgan fingerprint density at radius 3 is 0.921 bits per heavy atom. The van der Waals surface area contributed by atoms with Gasteiger partial charge in [-0.05, 0) is 6.42 Å². The van der Waals surface area contributed by atoms with Crippen LogP contribution in [-0.4, -0.2) is 92.0 Å². The summed E-state index contributed by atoms with van der Waals surface area (Å²) in [6.07, 6.45) is 1.35. The van der Waals surface area contributed by atoms with Gasteiger partial charge in [-0.15, -0.1) is 0 Å². The van der Waals surface area contributed by atoms with Crippen LogP contribution in [0.25, 0.3) is 0 Å². The lowest BCUT2D eigenvalue weighted by Gasteiger charge is -2.02. The third kappa shape index (κ3) is 50.9. The average molecular weight is 543 g/mol. The summed E-state index contributed by atoms with van der Waals surface area (Å²) in [7, 11) is 8.20. The Kier molecular flexibility index (Phi) is 48.1. The van der Waals surface area contributed by atoms with Crippen molar-refractivity contribution in [3.8, 4) is 0 Å². The van der Waals surface area contributed by atoms with Gasteiger partial charge in [-0.2, -0.15) is 0 Å². The molecule has 7 nitrogen and oxygen atoms in total. The number of aliphatic hydroxyl groups is 1. The predicted molar refractivity (Wildman–Crippen MR) is 160 cm³/mol. The third-order valence-corrected chi connectivity index (χ3v) is 3.67. The minimum absolute atomic E-state index is 0.273. The maximum Gasteiger partial charge on any atom is 0.104 e. The number of rotatable bonds is 7. The molecule has 0 radical (unpaired) electrons. The minimum atomic E-state index is -0.273. The molecular weight excluding hydrogens is 484 g/mol. The van der Waals surface area contributed by atoms with Gasteiger partial charge in [0.1, 0.15) is 12.2 Å². The first-order valence-electron chi connectivity index (χ1n) is 13.4. The van der Waals surface area contributed by atoms with Crippen molar-refractivity contribution in [3.05, 3.63) is 72.8 Å². The normalized spacial score (nSPS) is 15.6. The number of hydrogen-bond acceptors (Lipinski definition) is 7. The van der Waals surface area contributed by atoms with E-state index in [-0.39, 0.29) is 6.10 Å². The largest absolute Gasteiger partial charge is 0.391 e. The van der Waals surface area contributed by atoms with E-state index in [0.717, 1.165) is 32.8 Å². The summed E-state index contributed by atoms with van der Waals surface area (Å²) in [4.78, 5) is 0. The Balaban J connectivity index is -0.000000180. The van der Waals surface area contributed by atoms with E-state index >= 15 is 0 Å². The second-order valence-corrected chi connectivity index (χ2v) is 7.06. The van der Waals surface area contributed by atoms with Crippen molar-refractivity contribution < 1.29 is 33.5 Å². The maximum atomic E-state index is 8.73. The van der Waals surface area contributed by atoms with Crippen molar-refractivity contribution >= 4 is 0 Å². The zero-order valence-electron chi connectivity index (χ0n) is 25.8. The lowest BCUT2D eigenvalue weighted by Crippen LogP contribution is -2.11. The second-order valence-electron chi connectivity index (χ2n) is 7.06. The number of aliphatic hydroxyl groups excluding tert-OH is 1. The molecule has 2 aromatic rings. The summed E-state index contributed by atoms with van der Waals surface area (Å²) in [5.41, 5.74) is 0. The van der Waals surface area contributed by atoms with Crippen LogP contribution in [-0.2, 0) is 28.4 Å². The van der Waals surface area contributed by atoms with Crippen LogP contribution in [0.5, 0.6) is 0 Å². The topological polar surface area (TPSA) is 82.2 Å². The molecule has 3 unspecified atom stereocenters. The van der Waals surface area contributed by atoms with Gasteiger partial charge in [0.25, 0.3) is 0 Å². The summed E-state index contributed by atoms with van der Waals surface area (Å²) in [6, 6.07) is 24.0. The molecule has 2 heterocycles. The standard InChI is InChI=1S/2C6H6.C5H12O2.2C4H8O2.C2H6O.2C2H6/c2*1-2-4-6-5-3-1;1-3-5(6)4-7-2;2*1-5-2-4-3-6-4;1-3-2;2*1-2/h2*1-6H;5-6H,3-4H2,1-2H3;2*4H,2-3H2,1H3;1-2H3;2*1-2H3. The molecule has 0 aromatic heterocycles. The van der Waals surface area contributed by atoms with Gasteiger partial charge >= 0.3 is 0 Å². The number of hydrogen-bond donors (Lipinski definition) is 1. The summed E-state index contributed by atoms with van der Waals surface area (Å²) in [6.45, 7) is 13.7. The molecule has 0 aliphatic carbocycles. The van der Waals surface area contributed by atoms with E-state index in [9.17, 15) is 0 Å². The maximum absolute atomic E-state index is 8.73. The fraction of sp³-hybridized carbons (Fsp3) is 0.613. The van der Waals surface area contributed by atoms with Crippen LogP contribution in [0, 0.1) is 0 Å². The molecule has 2 aromatic carbocycles. The van der Waals surface area contributed by atoms with Gasteiger partial charge < -0.3 is 33.5 Å². The molecule has 2 saturated heterocycles. The molecule has 2 fully saturated rings. The Bertz CT molecular complexity index is 466. The van der Waals surface area contributed by atoms with Crippen molar-refractivity contribution in [2.24, 2.45) is 0 Å². The highest BCUT2D eigenvalue weighted by Crippen LogP contribution is 2.07. The van der Waals surface area contributed by atoms with Crippen LogP contribution in [0.4, 0.5) is 0 Å². The summed E-state index contributed by atoms with van der Waals surface area (Å²) in [5, 5.41) is 8.73. The van der Waals surface area contributed by atoms with Crippen LogP contribution < -0.4 is 0 Å². The summed E-state index contributed by atoms with van der Waals surface area (Å²) in [5.74, 6) is 0. The van der Waals surface area contributed by atoms with Crippen LogP contribution in [0.3, 0.4) is 0 Å². The first-order valence-corrected chi connectivity index (χ1v) is 13.4. The van der Waals surface area contributed by atoms with Gasteiger partial charge in [0.05, 0.1) is 39.1 Å². The highest BCUT2D eigenvalue weighted by Gasteiger charge is 2.21. The molecule has 38 heavy (non-hydrogen) atoms. The molecule has 4 rings (SSSR count). The van der Waals surface area contributed by atoms with Crippen molar-refractivity contribution in [3.63, 3.8) is 0 Å². The van der Waals surface area contributed by atoms with Gasteiger partial charge in [0.15, 0.2) is 0 Å². The summed E-state index contributed by atoms with van der Waals surface area (Å²) >= 11 is 0. The number of benzene rings is 2. The van der Waals surface area contributed by atoms with E-state index < -0.39 is 0 Å². The molecule has 3 atom stereocenters. The molecule has 0 amide bonds. The molecule has 1 N–H and O–H groups in total. The van der Waals surface area contributed by atoms with Crippen molar-refractivity contribution in [2.45, 2.75) is 59.4 Å². The molecule has 224 valence electrons. The first-order chi connectivity index (χ1) is 18.6. The Morgan fingerprint density at radius 2 is 0.842 bits per heavy atom. The number of methoxy groups -OCH3 is 4. The van der Waals surface area contributed by atoms with E-state index in [4.69, 9.17) is 24.1 Å². The van der Waals surface area contributed by atoms with Crippen molar-refractivity contribution in [1.29, 1.82) is 0 Å². The van der Waals surface area contributed by atoms with Crippen LogP contribution >= 0.6 is 0 Å². The molecule has 2 aliphatic heterocycles. The molecule has 0 saturated carbocycles. The zero-order chi connectivity index (χ0) is 29.7. The van der Waals surface area contributed by atoms with E-state index in [2.05, 4.69) is 9.47 Å². The van der Waals surface area contributed by atoms with E-state index in [1.807, 2.05) is 107 Å². The van der Waals surface area contributed by atoms with Gasteiger partial charge in [-0.3, -0.25) is 0 Å².